The normalized spacial score (nSPS) is 27.8. The third-order valence-electron chi connectivity index (χ3n) is 5.51. The first-order valence-electron chi connectivity index (χ1n) is 8.93. The lowest BCUT2D eigenvalue weighted by Crippen LogP contribution is -2.47. The van der Waals surface area contributed by atoms with Crippen LogP contribution in [-0.2, 0) is 9.53 Å². The van der Waals surface area contributed by atoms with Gasteiger partial charge in [-0.2, -0.15) is 0 Å². The molecular formula is C17H30N2O2. The summed E-state index contributed by atoms with van der Waals surface area (Å²) in [6.45, 7) is 4.98. The smallest absolute Gasteiger partial charge is 0.225 e. The molecule has 1 amide bonds. The third-order valence-corrected chi connectivity index (χ3v) is 5.51. The van der Waals surface area contributed by atoms with Crippen molar-refractivity contribution in [2.45, 2.75) is 57.4 Å². The maximum Gasteiger partial charge on any atom is 0.225 e. The molecule has 4 heteroatoms. The second-order valence-electron chi connectivity index (χ2n) is 7.05. The minimum absolute atomic E-state index is 0.364. The molecule has 0 bridgehead atoms. The number of hydrogen-bond donors (Lipinski definition) is 1. The van der Waals surface area contributed by atoms with Crippen LogP contribution in [0.4, 0.5) is 0 Å². The predicted octanol–water partition coefficient (Wildman–Crippen LogP) is 2.18. The average molecular weight is 294 g/mol. The number of likely N-dealkylation sites (tertiary alicyclic amines) is 1. The van der Waals surface area contributed by atoms with Gasteiger partial charge in [-0.1, -0.05) is 6.42 Å². The summed E-state index contributed by atoms with van der Waals surface area (Å²) in [5.74, 6) is 1.60. The van der Waals surface area contributed by atoms with Crippen molar-refractivity contribution in [3.05, 3.63) is 0 Å². The molecule has 21 heavy (non-hydrogen) atoms. The summed E-state index contributed by atoms with van der Waals surface area (Å²) in [6, 6.07) is 0.621. The van der Waals surface area contributed by atoms with E-state index >= 15 is 0 Å². The van der Waals surface area contributed by atoms with E-state index in [-0.39, 0.29) is 0 Å². The lowest BCUT2D eigenvalue weighted by atomic mass is 9.84. The lowest BCUT2D eigenvalue weighted by Gasteiger charge is -2.36. The van der Waals surface area contributed by atoms with Crippen LogP contribution < -0.4 is 5.32 Å². The number of nitrogens with zero attached hydrogens (tertiary/aromatic N) is 1. The van der Waals surface area contributed by atoms with Gasteiger partial charge in [0.2, 0.25) is 5.91 Å². The van der Waals surface area contributed by atoms with Crippen molar-refractivity contribution in [2.24, 2.45) is 11.8 Å². The first-order chi connectivity index (χ1) is 10.3. The topological polar surface area (TPSA) is 41.6 Å². The van der Waals surface area contributed by atoms with Crippen molar-refractivity contribution in [1.29, 1.82) is 0 Å². The standard InChI is InChI=1S/C17H30N2O2/c20-17(15-4-1-5-15)19-10-6-16(7-11-19)18-9-2-3-14-8-12-21-13-14/h14-16,18H,1-13H2. The monoisotopic (exact) mass is 294 g/mol. The van der Waals surface area contributed by atoms with Crippen LogP contribution in [0.3, 0.4) is 0 Å². The molecule has 0 radical (unpaired) electrons. The summed E-state index contributed by atoms with van der Waals surface area (Å²) in [5.41, 5.74) is 0. The van der Waals surface area contributed by atoms with E-state index in [9.17, 15) is 4.79 Å². The zero-order chi connectivity index (χ0) is 14.5. The van der Waals surface area contributed by atoms with Gasteiger partial charge in [0.05, 0.1) is 0 Å². The Morgan fingerprint density at radius 1 is 1.14 bits per heavy atom. The van der Waals surface area contributed by atoms with Crippen LogP contribution in [0, 0.1) is 11.8 Å². The Kier molecular flexibility index (Phi) is 5.53. The number of carbonyl (C=O) groups excluding carboxylic acids is 1. The van der Waals surface area contributed by atoms with Crippen LogP contribution >= 0.6 is 0 Å². The van der Waals surface area contributed by atoms with E-state index in [1.54, 1.807) is 0 Å². The number of carbonyl (C=O) groups is 1. The number of ether oxygens (including phenoxy) is 1. The molecule has 0 aromatic carbocycles. The van der Waals surface area contributed by atoms with Crippen LogP contribution in [0.2, 0.25) is 0 Å². The van der Waals surface area contributed by atoms with E-state index in [2.05, 4.69) is 10.2 Å². The van der Waals surface area contributed by atoms with Gasteiger partial charge in [-0.3, -0.25) is 4.79 Å². The molecule has 0 aromatic rings. The van der Waals surface area contributed by atoms with Gasteiger partial charge in [0.25, 0.3) is 0 Å². The molecule has 2 saturated heterocycles. The number of nitrogens with one attached hydrogen (secondary N) is 1. The SMILES string of the molecule is O=C(C1CCC1)N1CCC(NCCCC2CCOC2)CC1. The summed E-state index contributed by atoms with van der Waals surface area (Å²) < 4.78 is 5.41. The van der Waals surface area contributed by atoms with Crippen molar-refractivity contribution >= 4 is 5.91 Å². The molecule has 3 aliphatic rings. The fourth-order valence-corrected chi connectivity index (χ4v) is 3.73. The Morgan fingerprint density at radius 3 is 2.57 bits per heavy atom. The maximum atomic E-state index is 12.2. The summed E-state index contributed by atoms with van der Waals surface area (Å²) >= 11 is 0. The molecule has 1 aliphatic carbocycles. The first kappa shape index (κ1) is 15.3. The average Bonchev–Trinajstić information content (AvgIpc) is 2.95. The second kappa shape index (κ2) is 7.59. The molecule has 1 saturated carbocycles. The predicted molar refractivity (Wildman–Crippen MR) is 83.1 cm³/mol. The molecule has 1 atom stereocenters. The van der Waals surface area contributed by atoms with Crippen molar-refractivity contribution < 1.29 is 9.53 Å². The Labute approximate surface area is 128 Å². The molecule has 2 aliphatic heterocycles. The highest BCUT2D eigenvalue weighted by molar-refractivity contribution is 5.79. The summed E-state index contributed by atoms with van der Waals surface area (Å²) in [7, 11) is 0. The third kappa shape index (κ3) is 4.19. The second-order valence-corrected chi connectivity index (χ2v) is 7.05. The summed E-state index contributed by atoms with van der Waals surface area (Å²) in [5, 5.41) is 3.68. The lowest BCUT2D eigenvalue weighted by molar-refractivity contribution is -0.139. The Hall–Kier alpha value is -0.610. The number of hydrogen-bond acceptors (Lipinski definition) is 3. The maximum absolute atomic E-state index is 12.2. The zero-order valence-electron chi connectivity index (χ0n) is 13.2. The van der Waals surface area contributed by atoms with E-state index in [0.29, 0.717) is 17.9 Å². The largest absolute Gasteiger partial charge is 0.381 e. The minimum atomic E-state index is 0.364. The quantitative estimate of drug-likeness (QED) is 0.764. The highest BCUT2D eigenvalue weighted by atomic mass is 16.5. The van der Waals surface area contributed by atoms with Crippen LogP contribution in [-0.4, -0.2) is 49.7 Å². The van der Waals surface area contributed by atoms with Crippen molar-refractivity contribution in [1.82, 2.24) is 10.2 Å². The molecule has 0 aromatic heterocycles. The minimum Gasteiger partial charge on any atom is -0.381 e. The van der Waals surface area contributed by atoms with Gasteiger partial charge in [0.1, 0.15) is 0 Å². The Balaban J connectivity index is 1.26. The van der Waals surface area contributed by atoms with Crippen molar-refractivity contribution in [2.75, 3.05) is 32.8 Å². The van der Waals surface area contributed by atoms with Gasteiger partial charge in [-0.15, -0.1) is 0 Å². The van der Waals surface area contributed by atoms with E-state index in [1.165, 1.54) is 25.7 Å². The van der Waals surface area contributed by atoms with E-state index in [0.717, 1.165) is 64.4 Å². The summed E-state index contributed by atoms with van der Waals surface area (Å²) in [4.78, 5) is 14.3. The molecule has 0 spiro atoms. The number of rotatable bonds is 6. The molecule has 3 rings (SSSR count). The highest BCUT2D eigenvalue weighted by Crippen LogP contribution is 2.29. The van der Waals surface area contributed by atoms with Gasteiger partial charge in [-0.25, -0.2) is 0 Å². The fraction of sp³-hybridized carbons (Fsp3) is 0.941. The summed E-state index contributed by atoms with van der Waals surface area (Å²) in [6.07, 6.45) is 9.57. The van der Waals surface area contributed by atoms with Crippen LogP contribution in [0.25, 0.3) is 0 Å². The van der Waals surface area contributed by atoms with Crippen LogP contribution in [0.5, 0.6) is 0 Å². The van der Waals surface area contributed by atoms with Gasteiger partial charge in [0.15, 0.2) is 0 Å². The van der Waals surface area contributed by atoms with Gasteiger partial charge < -0.3 is 15.0 Å². The number of piperidine rings is 1. The molecule has 3 fully saturated rings. The van der Waals surface area contributed by atoms with Crippen LogP contribution in [0.15, 0.2) is 0 Å². The first-order valence-corrected chi connectivity index (χ1v) is 8.93. The molecule has 1 N–H and O–H groups in total. The van der Waals surface area contributed by atoms with Gasteiger partial charge in [0, 0.05) is 38.3 Å². The van der Waals surface area contributed by atoms with Crippen LogP contribution in [0.1, 0.15) is 51.4 Å². The van der Waals surface area contributed by atoms with Crippen molar-refractivity contribution in [3.8, 4) is 0 Å². The Bertz CT molecular complexity index is 330. The fourth-order valence-electron chi connectivity index (χ4n) is 3.73. The molecule has 1 unspecified atom stereocenters. The number of amides is 1. The Morgan fingerprint density at radius 2 is 1.95 bits per heavy atom. The van der Waals surface area contributed by atoms with Crippen molar-refractivity contribution in [3.63, 3.8) is 0 Å². The van der Waals surface area contributed by atoms with Gasteiger partial charge >= 0.3 is 0 Å². The highest BCUT2D eigenvalue weighted by Gasteiger charge is 2.31. The van der Waals surface area contributed by atoms with Gasteiger partial charge in [-0.05, 0) is 57.4 Å². The molecular weight excluding hydrogens is 264 g/mol. The van der Waals surface area contributed by atoms with E-state index in [1.807, 2.05) is 0 Å². The zero-order valence-corrected chi connectivity index (χ0v) is 13.2. The molecule has 2 heterocycles. The van der Waals surface area contributed by atoms with E-state index < -0.39 is 0 Å². The molecule has 4 nitrogen and oxygen atoms in total. The van der Waals surface area contributed by atoms with E-state index in [4.69, 9.17) is 4.74 Å². The molecule has 120 valence electrons.